The maximum Gasteiger partial charge on any atom is 0.244 e. The Balaban J connectivity index is 2.01. The topological polar surface area (TPSA) is 46.1 Å². The van der Waals surface area contributed by atoms with E-state index in [0.29, 0.717) is 5.02 Å². The van der Waals surface area contributed by atoms with Crippen molar-refractivity contribution in [3.63, 3.8) is 0 Å². The number of nitrogens with zero attached hydrogens (tertiary/aromatic N) is 1. The van der Waals surface area contributed by atoms with Crippen LogP contribution in [0.2, 0.25) is 5.02 Å². The highest BCUT2D eigenvalue weighted by Crippen LogP contribution is 2.15. The molecule has 0 aliphatic heterocycles. The van der Waals surface area contributed by atoms with Gasteiger partial charge in [-0.15, -0.1) is 0 Å². The zero-order chi connectivity index (χ0) is 14.5. The van der Waals surface area contributed by atoms with E-state index in [-0.39, 0.29) is 18.5 Å². The van der Waals surface area contributed by atoms with Gasteiger partial charge in [-0.3, -0.25) is 4.79 Å². The second kappa shape index (κ2) is 6.59. The summed E-state index contributed by atoms with van der Waals surface area (Å²) in [5.41, 5.74) is 1.83. The van der Waals surface area contributed by atoms with Crippen molar-refractivity contribution in [2.75, 3.05) is 12.4 Å². The van der Waals surface area contributed by atoms with Crippen LogP contribution in [0.1, 0.15) is 18.7 Å². The van der Waals surface area contributed by atoms with Crippen LogP contribution in [-0.4, -0.2) is 17.5 Å². The molecule has 4 nitrogen and oxygen atoms in total. The molecule has 1 heterocycles. The number of carbonyl (C=O) groups is 1. The van der Waals surface area contributed by atoms with Gasteiger partial charge >= 0.3 is 0 Å². The van der Waals surface area contributed by atoms with Crippen molar-refractivity contribution < 1.29 is 4.79 Å². The molecule has 1 aromatic carbocycles. The Bertz CT molecular complexity index is 577. The molecule has 0 spiro atoms. The average molecular weight is 292 g/mol. The number of benzene rings is 1. The van der Waals surface area contributed by atoms with E-state index in [0.717, 1.165) is 11.4 Å². The Labute approximate surface area is 123 Å². The predicted octanol–water partition coefficient (Wildman–Crippen LogP) is 3.06. The van der Waals surface area contributed by atoms with Gasteiger partial charge in [0.1, 0.15) is 6.54 Å². The minimum Gasteiger partial charge on any atom is -0.341 e. The van der Waals surface area contributed by atoms with E-state index in [1.807, 2.05) is 29.9 Å². The number of amides is 1. The minimum atomic E-state index is -0.0620. The van der Waals surface area contributed by atoms with Crippen LogP contribution < -0.4 is 10.6 Å². The Morgan fingerprint density at radius 3 is 2.65 bits per heavy atom. The van der Waals surface area contributed by atoms with Gasteiger partial charge in [-0.25, -0.2) is 0 Å². The van der Waals surface area contributed by atoms with E-state index in [9.17, 15) is 4.79 Å². The summed E-state index contributed by atoms with van der Waals surface area (Å²) in [7, 11) is 1.90. The van der Waals surface area contributed by atoms with Crippen LogP contribution in [0.4, 0.5) is 5.69 Å². The molecule has 1 unspecified atom stereocenters. The van der Waals surface area contributed by atoms with Crippen LogP contribution in [0.25, 0.3) is 0 Å². The number of carbonyl (C=O) groups excluding carboxylic acids is 1. The van der Waals surface area contributed by atoms with Gasteiger partial charge < -0.3 is 15.2 Å². The quantitative estimate of drug-likeness (QED) is 0.889. The van der Waals surface area contributed by atoms with E-state index in [1.54, 1.807) is 24.3 Å². The molecule has 0 saturated heterocycles. The SMILES string of the molecule is CNC(C)c1cccn1CC(=O)Nc1ccc(Cl)cc1. The van der Waals surface area contributed by atoms with Crippen LogP contribution in [-0.2, 0) is 11.3 Å². The highest BCUT2D eigenvalue weighted by molar-refractivity contribution is 6.30. The molecule has 2 aromatic rings. The number of hydrogen-bond acceptors (Lipinski definition) is 2. The molecule has 0 radical (unpaired) electrons. The number of aromatic nitrogens is 1. The molecule has 20 heavy (non-hydrogen) atoms. The van der Waals surface area contributed by atoms with E-state index in [1.165, 1.54) is 0 Å². The first-order valence-electron chi connectivity index (χ1n) is 6.48. The first kappa shape index (κ1) is 14.6. The van der Waals surface area contributed by atoms with Crippen LogP contribution in [0.15, 0.2) is 42.6 Å². The Morgan fingerprint density at radius 2 is 2.00 bits per heavy atom. The third-order valence-electron chi connectivity index (χ3n) is 3.18. The van der Waals surface area contributed by atoms with Crippen LogP contribution in [0.3, 0.4) is 0 Å². The summed E-state index contributed by atoms with van der Waals surface area (Å²) in [4.78, 5) is 12.0. The van der Waals surface area contributed by atoms with Crippen molar-refractivity contribution in [1.82, 2.24) is 9.88 Å². The normalized spacial score (nSPS) is 12.2. The van der Waals surface area contributed by atoms with E-state index >= 15 is 0 Å². The van der Waals surface area contributed by atoms with Gasteiger partial charge in [0.05, 0.1) is 0 Å². The van der Waals surface area contributed by atoms with Gasteiger partial charge in [0, 0.05) is 28.6 Å². The summed E-state index contributed by atoms with van der Waals surface area (Å²) in [5, 5.41) is 6.67. The maximum atomic E-state index is 12.0. The predicted molar refractivity (Wildman–Crippen MR) is 82.0 cm³/mol. The zero-order valence-corrected chi connectivity index (χ0v) is 12.3. The summed E-state index contributed by atoms with van der Waals surface area (Å²) >= 11 is 5.81. The van der Waals surface area contributed by atoms with E-state index in [2.05, 4.69) is 17.6 Å². The van der Waals surface area contributed by atoms with E-state index < -0.39 is 0 Å². The number of rotatable bonds is 5. The summed E-state index contributed by atoms with van der Waals surface area (Å²) in [5.74, 6) is -0.0620. The molecule has 0 aliphatic carbocycles. The number of halogens is 1. The molecule has 106 valence electrons. The monoisotopic (exact) mass is 291 g/mol. The molecular formula is C15H18ClN3O. The van der Waals surface area contributed by atoms with Crippen LogP contribution in [0.5, 0.6) is 0 Å². The summed E-state index contributed by atoms with van der Waals surface area (Å²) in [6.45, 7) is 2.35. The summed E-state index contributed by atoms with van der Waals surface area (Å²) < 4.78 is 1.94. The zero-order valence-electron chi connectivity index (χ0n) is 11.6. The lowest BCUT2D eigenvalue weighted by atomic mass is 10.2. The van der Waals surface area contributed by atoms with Crippen molar-refractivity contribution in [2.45, 2.75) is 19.5 Å². The van der Waals surface area contributed by atoms with Crippen LogP contribution >= 0.6 is 11.6 Å². The fraction of sp³-hybridized carbons (Fsp3) is 0.267. The molecule has 2 rings (SSSR count). The van der Waals surface area contributed by atoms with Crippen molar-refractivity contribution in [2.24, 2.45) is 0 Å². The molecule has 0 saturated carbocycles. The highest BCUT2D eigenvalue weighted by atomic mass is 35.5. The fourth-order valence-corrected chi connectivity index (χ4v) is 2.13. The van der Waals surface area contributed by atoms with Gasteiger partial charge in [-0.2, -0.15) is 0 Å². The summed E-state index contributed by atoms with van der Waals surface area (Å²) in [6.07, 6.45) is 1.91. The molecule has 2 N–H and O–H groups in total. The van der Waals surface area contributed by atoms with Gasteiger partial charge in [0.15, 0.2) is 0 Å². The fourth-order valence-electron chi connectivity index (χ4n) is 2.00. The van der Waals surface area contributed by atoms with E-state index in [4.69, 9.17) is 11.6 Å². The average Bonchev–Trinajstić information content (AvgIpc) is 2.88. The Kier molecular flexibility index (Phi) is 4.82. The van der Waals surface area contributed by atoms with Gasteiger partial charge in [0.25, 0.3) is 0 Å². The van der Waals surface area contributed by atoms with Crippen LogP contribution in [0, 0.1) is 0 Å². The lowest BCUT2D eigenvalue weighted by Gasteiger charge is -2.14. The highest BCUT2D eigenvalue weighted by Gasteiger charge is 2.10. The maximum absolute atomic E-state index is 12.0. The molecule has 0 fully saturated rings. The lowest BCUT2D eigenvalue weighted by Crippen LogP contribution is -2.22. The third kappa shape index (κ3) is 3.62. The first-order chi connectivity index (χ1) is 9.60. The molecule has 0 bridgehead atoms. The van der Waals surface area contributed by atoms with Crippen molar-refractivity contribution in [1.29, 1.82) is 0 Å². The van der Waals surface area contributed by atoms with Crippen molar-refractivity contribution in [3.05, 3.63) is 53.3 Å². The van der Waals surface area contributed by atoms with Crippen molar-refractivity contribution in [3.8, 4) is 0 Å². The number of anilines is 1. The molecule has 1 amide bonds. The molecule has 0 aliphatic rings. The molecule has 1 aromatic heterocycles. The van der Waals surface area contributed by atoms with Gasteiger partial charge in [0.2, 0.25) is 5.91 Å². The molecule has 1 atom stereocenters. The second-order valence-corrected chi connectivity index (χ2v) is 5.06. The second-order valence-electron chi connectivity index (χ2n) is 4.63. The first-order valence-corrected chi connectivity index (χ1v) is 6.85. The number of hydrogen-bond donors (Lipinski definition) is 2. The van der Waals surface area contributed by atoms with Crippen molar-refractivity contribution >= 4 is 23.2 Å². The minimum absolute atomic E-state index is 0.0620. The Morgan fingerprint density at radius 1 is 1.30 bits per heavy atom. The molecule has 5 heteroatoms. The van der Waals surface area contributed by atoms with Gasteiger partial charge in [-0.05, 0) is 50.4 Å². The molecular weight excluding hydrogens is 274 g/mol. The number of nitrogens with one attached hydrogen (secondary N) is 2. The Hall–Kier alpha value is -1.78. The van der Waals surface area contributed by atoms with Gasteiger partial charge in [-0.1, -0.05) is 11.6 Å². The lowest BCUT2D eigenvalue weighted by molar-refractivity contribution is -0.116. The largest absolute Gasteiger partial charge is 0.341 e. The summed E-state index contributed by atoms with van der Waals surface area (Å²) in [6, 6.07) is 11.2. The standard InChI is InChI=1S/C15H18ClN3O/c1-11(17-2)14-4-3-9-19(14)10-15(20)18-13-7-5-12(16)6-8-13/h3-9,11,17H,10H2,1-2H3,(H,18,20). The third-order valence-corrected chi connectivity index (χ3v) is 3.44. The smallest absolute Gasteiger partial charge is 0.244 e.